The van der Waals surface area contributed by atoms with Crippen molar-refractivity contribution in [3.05, 3.63) is 0 Å². The van der Waals surface area contributed by atoms with E-state index in [-0.39, 0.29) is 0 Å². The average Bonchev–Trinajstić information content (AvgIpc) is 2.81. The third-order valence-electron chi connectivity index (χ3n) is 5.62. The molecule has 0 amide bonds. The first-order valence-corrected chi connectivity index (χ1v) is 8.37. The molecule has 2 nitrogen and oxygen atoms in total. The van der Waals surface area contributed by atoms with E-state index < -0.39 is 0 Å². The SMILES string of the molecule is CCC1CCCCN1CC1CC2CCCCC2N1. The van der Waals surface area contributed by atoms with Crippen LogP contribution in [0.3, 0.4) is 0 Å². The van der Waals surface area contributed by atoms with Crippen molar-refractivity contribution in [3.8, 4) is 0 Å². The second-order valence-electron chi connectivity index (χ2n) is 6.80. The fourth-order valence-electron chi connectivity index (χ4n) is 4.62. The van der Waals surface area contributed by atoms with Crippen LogP contribution in [0, 0.1) is 5.92 Å². The van der Waals surface area contributed by atoms with Crippen LogP contribution in [0.25, 0.3) is 0 Å². The van der Waals surface area contributed by atoms with E-state index in [9.17, 15) is 0 Å². The van der Waals surface area contributed by atoms with Gasteiger partial charge in [0, 0.05) is 24.7 Å². The number of hydrogen-bond donors (Lipinski definition) is 1. The van der Waals surface area contributed by atoms with Crippen LogP contribution >= 0.6 is 0 Å². The Morgan fingerprint density at radius 2 is 1.89 bits per heavy atom. The monoisotopic (exact) mass is 250 g/mol. The zero-order valence-electron chi connectivity index (χ0n) is 12.0. The lowest BCUT2D eigenvalue weighted by molar-refractivity contribution is 0.131. The summed E-state index contributed by atoms with van der Waals surface area (Å²) in [5.41, 5.74) is 0. The summed E-state index contributed by atoms with van der Waals surface area (Å²) in [5.74, 6) is 1.01. The Hall–Kier alpha value is -0.0800. The van der Waals surface area contributed by atoms with Gasteiger partial charge in [0.25, 0.3) is 0 Å². The summed E-state index contributed by atoms with van der Waals surface area (Å²) in [6.45, 7) is 5.04. The van der Waals surface area contributed by atoms with E-state index in [4.69, 9.17) is 0 Å². The standard InChI is InChI=1S/C16H30N2/c1-2-15-8-5-6-10-18(15)12-14-11-13-7-3-4-9-16(13)17-14/h13-17H,2-12H2,1H3. The Balaban J connectivity index is 1.53. The summed E-state index contributed by atoms with van der Waals surface area (Å²) in [6.07, 6.45) is 13.0. The number of piperidine rings is 1. The first-order valence-electron chi connectivity index (χ1n) is 8.37. The minimum absolute atomic E-state index is 0.797. The van der Waals surface area contributed by atoms with E-state index in [1.165, 1.54) is 70.9 Å². The van der Waals surface area contributed by atoms with E-state index in [0.29, 0.717) is 0 Å². The van der Waals surface area contributed by atoms with Gasteiger partial charge < -0.3 is 5.32 Å². The molecule has 3 aliphatic rings. The summed E-state index contributed by atoms with van der Waals surface area (Å²) >= 11 is 0. The van der Waals surface area contributed by atoms with Crippen molar-refractivity contribution < 1.29 is 0 Å². The Bertz CT molecular complexity index is 252. The number of fused-ring (bicyclic) bond motifs is 1. The predicted octanol–water partition coefficient (Wildman–Crippen LogP) is 3.17. The molecule has 2 heterocycles. The molecule has 2 saturated heterocycles. The van der Waals surface area contributed by atoms with Gasteiger partial charge in [-0.2, -0.15) is 0 Å². The molecule has 1 aliphatic carbocycles. The van der Waals surface area contributed by atoms with Crippen molar-refractivity contribution in [3.63, 3.8) is 0 Å². The molecule has 2 heteroatoms. The average molecular weight is 250 g/mol. The van der Waals surface area contributed by atoms with Crippen molar-refractivity contribution in [1.29, 1.82) is 0 Å². The maximum absolute atomic E-state index is 3.94. The molecule has 0 bridgehead atoms. The van der Waals surface area contributed by atoms with Gasteiger partial charge in [-0.15, -0.1) is 0 Å². The third kappa shape index (κ3) is 2.75. The van der Waals surface area contributed by atoms with Gasteiger partial charge in [-0.1, -0.05) is 26.2 Å². The number of likely N-dealkylation sites (tertiary alicyclic amines) is 1. The van der Waals surface area contributed by atoms with Crippen molar-refractivity contribution in [1.82, 2.24) is 10.2 Å². The lowest BCUT2D eigenvalue weighted by atomic mass is 9.85. The third-order valence-corrected chi connectivity index (χ3v) is 5.62. The van der Waals surface area contributed by atoms with Crippen LogP contribution in [-0.2, 0) is 0 Å². The number of rotatable bonds is 3. The van der Waals surface area contributed by atoms with E-state index in [1.54, 1.807) is 0 Å². The van der Waals surface area contributed by atoms with Gasteiger partial charge in [0.15, 0.2) is 0 Å². The summed E-state index contributed by atoms with van der Waals surface area (Å²) < 4.78 is 0. The maximum Gasteiger partial charge on any atom is 0.0201 e. The van der Waals surface area contributed by atoms with E-state index >= 15 is 0 Å². The molecule has 4 atom stereocenters. The Morgan fingerprint density at radius 1 is 1.06 bits per heavy atom. The highest BCUT2D eigenvalue weighted by molar-refractivity contribution is 4.94. The van der Waals surface area contributed by atoms with Crippen molar-refractivity contribution in [2.24, 2.45) is 5.92 Å². The highest BCUT2D eigenvalue weighted by Gasteiger charge is 2.36. The first-order chi connectivity index (χ1) is 8.86. The van der Waals surface area contributed by atoms with Crippen molar-refractivity contribution >= 4 is 0 Å². The summed E-state index contributed by atoms with van der Waals surface area (Å²) in [5, 5.41) is 3.94. The second-order valence-corrected chi connectivity index (χ2v) is 6.80. The minimum atomic E-state index is 0.797. The molecule has 4 unspecified atom stereocenters. The predicted molar refractivity (Wildman–Crippen MR) is 76.8 cm³/mol. The van der Waals surface area contributed by atoms with Crippen molar-refractivity contribution in [2.45, 2.75) is 82.8 Å². The van der Waals surface area contributed by atoms with Crippen LogP contribution in [0.4, 0.5) is 0 Å². The largest absolute Gasteiger partial charge is 0.310 e. The first kappa shape index (κ1) is 12.9. The van der Waals surface area contributed by atoms with Crippen LogP contribution in [0.2, 0.25) is 0 Å². The maximum atomic E-state index is 3.94. The molecular weight excluding hydrogens is 220 g/mol. The van der Waals surface area contributed by atoms with E-state index in [0.717, 1.165) is 24.0 Å². The van der Waals surface area contributed by atoms with Crippen LogP contribution in [0.1, 0.15) is 64.7 Å². The van der Waals surface area contributed by atoms with Crippen LogP contribution in [-0.4, -0.2) is 36.1 Å². The molecule has 1 N–H and O–H groups in total. The molecule has 0 aromatic carbocycles. The van der Waals surface area contributed by atoms with Crippen LogP contribution < -0.4 is 5.32 Å². The topological polar surface area (TPSA) is 15.3 Å². The molecule has 0 spiro atoms. The Kier molecular flexibility index (Phi) is 4.25. The molecule has 0 radical (unpaired) electrons. The summed E-state index contributed by atoms with van der Waals surface area (Å²) in [6, 6.07) is 2.54. The van der Waals surface area contributed by atoms with Gasteiger partial charge in [-0.05, 0) is 51.0 Å². The molecule has 0 aromatic rings. The molecule has 0 aromatic heterocycles. The van der Waals surface area contributed by atoms with Gasteiger partial charge in [0.1, 0.15) is 0 Å². The smallest absolute Gasteiger partial charge is 0.0201 e. The quantitative estimate of drug-likeness (QED) is 0.827. The lowest BCUT2D eigenvalue weighted by Crippen LogP contribution is -2.46. The number of nitrogens with one attached hydrogen (secondary N) is 1. The van der Waals surface area contributed by atoms with Gasteiger partial charge in [0.05, 0.1) is 0 Å². The fourth-order valence-corrected chi connectivity index (χ4v) is 4.62. The minimum Gasteiger partial charge on any atom is -0.310 e. The van der Waals surface area contributed by atoms with Crippen LogP contribution in [0.5, 0.6) is 0 Å². The van der Waals surface area contributed by atoms with Crippen LogP contribution in [0.15, 0.2) is 0 Å². The zero-order valence-corrected chi connectivity index (χ0v) is 12.0. The van der Waals surface area contributed by atoms with Gasteiger partial charge >= 0.3 is 0 Å². The molecule has 18 heavy (non-hydrogen) atoms. The summed E-state index contributed by atoms with van der Waals surface area (Å²) in [7, 11) is 0. The summed E-state index contributed by atoms with van der Waals surface area (Å²) in [4.78, 5) is 2.79. The lowest BCUT2D eigenvalue weighted by Gasteiger charge is -2.37. The molecule has 104 valence electrons. The van der Waals surface area contributed by atoms with E-state index in [1.807, 2.05) is 0 Å². The van der Waals surface area contributed by atoms with Gasteiger partial charge in [-0.25, -0.2) is 0 Å². The van der Waals surface area contributed by atoms with Gasteiger partial charge in [0.2, 0.25) is 0 Å². The molecule has 2 aliphatic heterocycles. The number of nitrogens with zero attached hydrogens (tertiary/aromatic N) is 1. The molecule has 3 fully saturated rings. The van der Waals surface area contributed by atoms with Gasteiger partial charge in [-0.3, -0.25) is 4.90 Å². The molecule has 1 saturated carbocycles. The zero-order chi connectivity index (χ0) is 12.4. The Labute approximate surface area is 113 Å². The van der Waals surface area contributed by atoms with Crippen molar-refractivity contribution in [2.75, 3.05) is 13.1 Å². The highest BCUT2D eigenvalue weighted by atomic mass is 15.2. The second kappa shape index (κ2) is 5.92. The number of hydrogen-bond acceptors (Lipinski definition) is 2. The fraction of sp³-hybridized carbons (Fsp3) is 1.00. The van der Waals surface area contributed by atoms with E-state index in [2.05, 4.69) is 17.1 Å². The normalized spacial score (nSPS) is 41.8. The highest BCUT2D eigenvalue weighted by Crippen LogP contribution is 2.34. The Morgan fingerprint density at radius 3 is 2.72 bits per heavy atom. The molecule has 3 rings (SSSR count). The molecular formula is C16H30N2.